The lowest BCUT2D eigenvalue weighted by Gasteiger charge is -2.32. The van der Waals surface area contributed by atoms with E-state index in [0.717, 1.165) is 93.0 Å². The minimum Gasteiger partial charge on any atom is -0.390 e. The van der Waals surface area contributed by atoms with Crippen molar-refractivity contribution in [3.8, 4) is 56.3 Å². The Morgan fingerprint density at radius 1 is 0.424 bits per heavy atom. The van der Waals surface area contributed by atoms with Crippen LogP contribution in [0.5, 0.6) is 0 Å². The molecule has 0 unspecified atom stereocenters. The molecule has 2 fully saturated rings. The monoisotopic (exact) mass is 1790 g/mol. The van der Waals surface area contributed by atoms with Gasteiger partial charge in [-0.25, -0.2) is 24.9 Å². The Labute approximate surface area is 723 Å². The highest BCUT2D eigenvalue weighted by molar-refractivity contribution is 7.20. The van der Waals surface area contributed by atoms with Gasteiger partial charge in [0.1, 0.15) is 14.6 Å². The fourth-order valence-electron chi connectivity index (χ4n) is 13.0. The van der Waals surface area contributed by atoms with E-state index in [0.29, 0.717) is 144 Å². The highest BCUT2D eigenvalue weighted by Crippen LogP contribution is 2.38. The van der Waals surface area contributed by atoms with E-state index in [4.69, 9.17) is 62.7 Å². The molecule has 0 saturated carbocycles. The lowest BCUT2D eigenvalue weighted by Crippen LogP contribution is -2.46. The molecule has 25 nitrogen and oxygen atoms in total. The summed E-state index contributed by atoms with van der Waals surface area (Å²) in [5.41, 5.74) is 10.5. The van der Waals surface area contributed by atoms with Gasteiger partial charge in [-0.1, -0.05) is 189 Å². The predicted octanol–water partition coefficient (Wildman–Crippen LogP) is 16.6. The van der Waals surface area contributed by atoms with Crippen LogP contribution < -0.4 is 0 Å². The molecule has 0 spiro atoms. The average molecular weight is 1790 g/mol. The van der Waals surface area contributed by atoms with Crippen LogP contribution in [0.1, 0.15) is 119 Å². The molecule has 2 aliphatic rings. The van der Waals surface area contributed by atoms with Gasteiger partial charge in [-0.3, -0.25) is 41.2 Å². The van der Waals surface area contributed by atoms with Gasteiger partial charge in [0.05, 0.1) is 119 Å². The van der Waals surface area contributed by atoms with Crippen molar-refractivity contribution in [3.05, 3.63) is 230 Å². The van der Waals surface area contributed by atoms with Crippen LogP contribution in [-0.4, -0.2) is 194 Å². The third-order valence-corrected chi connectivity index (χ3v) is 26.1. The average Bonchev–Trinajstić information content (AvgIpc) is 1.64. The maximum absolute atomic E-state index is 12.8. The van der Waals surface area contributed by atoms with E-state index in [1.165, 1.54) is 56.7 Å². The highest BCUT2D eigenvalue weighted by Gasteiger charge is 2.29. The Morgan fingerprint density at radius 2 is 0.712 bits per heavy atom. The van der Waals surface area contributed by atoms with Crippen molar-refractivity contribution in [3.63, 3.8) is 0 Å². The molecule has 5 aromatic carbocycles. The first-order chi connectivity index (χ1) is 56.8. The number of aliphatic hydroxyl groups excluding tert-OH is 5. The van der Waals surface area contributed by atoms with Crippen LogP contribution in [0.25, 0.3) is 81.1 Å². The molecule has 10 aromatic heterocycles. The number of carbonyl (C=O) groups is 4. The van der Waals surface area contributed by atoms with Crippen molar-refractivity contribution < 1.29 is 54.6 Å². The van der Waals surface area contributed by atoms with Gasteiger partial charge in [-0.2, -0.15) is 0 Å². The number of nitrogens with zero attached hydrogens (tertiary/aromatic N) is 14. The molecule has 17 rings (SSSR count). The number of rotatable bonds is 19. The van der Waals surface area contributed by atoms with Crippen molar-refractivity contribution in [2.24, 2.45) is 0 Å². The Bertz CT molecular complexity index is 6030. The summed E-state index contributed by atoms with van der Waals surface area (Å²) in [5.74, 6) is 0.112. The van der Waals surface area contributed by atoms with E-state index >= 15 is 0 Å². The van der Waals surface area contributed by atoms with E-state index in [1.54, 1.807) is 125 Å². The number of imidazole rings is 5. The zero-order chi connectivity index (χ0) is 83.8. The van der Waals surface area contributed by atoms with Crippen LogP contribution in [0.2, 0.25) is 25.1 Å². The predicted molar refractivity (Wildman–Crippen MR) is 469 cm³/mol. The number of aliphatic hydroxyl groups is 6. The number of benzene rings is 5. The van der Waals surface area contributed by atoms with Crippen LogP contribution in [0.4, 0.5) is 0 Å². The third-order valence-electron chi connectivity index (χ3n) is 19.6. The standard InChI is InChI=1S/C18H19ClN4O2S.C17H16ClN3O3S.C17H17ClN2O2S.C16H16ClN3O2S.C15H15ClN2O2S/c1-21-6-8-22(9-7-21)17(25)15-10-23-14(11-24)16(20-18(23)26-15)12-2-4-13(19)5-3-12;18-12-3-1-11(2-4-12)15-13(10-22)21-9-14(25-17(21)19-15)16(23)20-5-7-24-8-6-20;1-2-3-4-14(22)15-9-20-13(10-21)16(19-17(20)23-15)11-5-7-12(18)8-6-11;1-3-19(2)15(22)13-8-20-12(9-21)14(18-16(20)23-13)10-4-6-11(17)7-5-10;1-15(2,20)12-7-18-11(8-19)13(17-14(18)21-12)9-3-5-10(16)6-4-9/h2-5,10,24H,6-9,11H2,1H3;1-4,9,22H,5-8,10H2;5-9,21H,2-4,10H2,1H3;4-8,21H,3,9H2,1-2H3;3-7,19-20H,8H2,1-2H3. The van der Waals surface area contributed by atoms with Crippen molar-refractivity contribution in [2.75, 3.05) is 73.1 Å². The first-order valence-electron chi connectivity index (χ1n) is 37.6. The number of unbranched alkanes of at least 4 members (excludes halogenated alkanes) is 1. The van der Waals surface area contributed by atoms with Crippen LogP contribution in [-0.2, 0) is 43.4 Å². The van der Waals surface area contributed by atoms with Crippen molar-refractivity contribution in [1.82, 2.24) is 66.5 Å². The van der Waals surface area contributed by atoms with Crippen molar-refractivity contribution in [2.45, 2.75) is 85.6 Å². The Kier molecular flexibility index (Phi) is 28.5. The first kappa shape index (κ1) is 87.0. The minimum atomic E-state index is -0.918. The number of piperazine rings is 1. The largest absolute Gasteiger partial charge is 0.390 e. The Hall–Kier alpha value is -8.84. The van der Waals surface area contributed by atoms with Gasteiger partial charge in [-0.05, 0) is 94.9 Å². The third kappa shape index (κ3) is 19.5. The molecule has 35 heteroatoms. The second-order valence-electron chi connectivity index (χ2n) is 28.0. The van der Waals surface area contributed by atoms with Gasteiger partial charge < -0.3 is 55.0 Å². The summed E-state index contributed by atoms with van der Waals surface area (Å²) in [6.07, 6.45) is 11.4. The van der Waals surface area contributed by atoms with Gasteiger partial charge in [0.15, 0.2) is 30.6 Å². The van der Waals surface area contributed by atoms with Crippen molar-refractivity contribution in [1.29, 1.82) is 0 Å². The second-order valence-corrected chi connectivity index (χ2v) is 35.2. The number of hydrogen-bond acceptors (Lipinski definition) is 22. The SMILES string of the molecule is CC(C)(O)c1cn2c(CO)c(-c3ccc(Cl)cc3)nc2s1.CCCCC(=O)c1cn2c(CO)c(-c3ccc(Cl)cc3)nc2s1.CCN(C)C(=O)c1cn2c(CO)c(-c3ccc(Cl)cc3)nc2s1.CN1CCN(C(=O)c2cn3c(CO)c(-c4ccc(Cl)cc4)nc3s2)CC1.O=C(c1cn2c(CO)c(-c3ccc(Cl)cc3)nc2s1)N1CCOCC1. The molecule has 2 aliphatic heterocycles. The molecular formula is C83H83Cl5N14O11S5. The number of carbonyl (C=O) groups excluding carboxylic acids is 4. The zero-order valence-corrected chi connectivity index (χ0v) is 72.7. The van der Waals surface area contributed by atoms with Crippen LogP contribution in [0.15, 0.2) is 152 Å². The molecule has 12 heterocycles. The molecule has 0 aliphatic carbocycles. The Morgan fingerprint density at radius 3 is 1.03 bits per heavy atom. The molecule has 0 radical (unpaired) electrons. The normalized spacial score (nSPS) is 13.2. The molecule has 3 amide bonds. The fraction of sp³-hybridized carbons (Fsp3) is 0.289. The van der Waals surface area contributed by atoms with Gasteiger partial charge in [-0.15, -0.1) is 0 Å². The summed E-state index contributed by atoms with van der Waals surface area (Å²) in [6.45, 7) is 12.9. The number of aromatic nitrogens is 10. The minimum absolute atomic E-state index is 0.0178. The number of morpholine rings is 1. The quantitative estimate of drug-likeness (QED) is 0.0410. The summed E-state index contributed by atoms with van der Waals surface area (Å²) in [4.78, 5) is 87.3. The number of ketones is 1. The summed E-state index contributed by atoms with van der Waals surface area (Å²) < 4.78 is 14.3. The van der Waals surface area contributed by atoms with Gasteiger partial charge in [0.25, 0.3) is 17.7 Å². The highest BCUT2D eigenvalue weighted by atomic mass is 35.5. The number of ether oxygens (including phenoxy) is 1. The summed E-state index contributed by atoms with van der Waals surface area (Å²) in [6, 6.07) is 36.7. The number of thiazole rings is 5. The summed E-state index contributed by atoms with van der Waals surface area (Å²) >= 11 is 36.4. The number of fused-ring (bicyclic) bond motifs is 5. The lowest BCUT2D eigenvalue weighted by atomic mass is 10.1. The molecule has 15 aromatic rings. The van der Waals surface area contributed by atoms with Gasteiger partial charge >= 0.3 is 0 Å². The maximum Gasteiger partial charge on any atom is 0.265 e. The molecule has 6 N–H and O–H groups in total. The molecule has 118 heavy (non-hydrogen) atoms. The lowest BCUT2D eigenvalue weighted by molar-refractivity contribution is 0.0306. The van der Waals surface area contributed by atoms with Crippen LogP contribution in [0, 0.1) is 0 Å². The fourth-order valence-corrected chi connectivity index (χ4v) is 18.5. The van der Waals surface area contributed by atoms with E-state index < -0.39 is 5.60 Å². The zero-order valence-electron chi connectivity index (χ0n) is 64.9. The van der Waals surface area contributed by atoms with Gasteiger partial charge in [0.2, 0.25) is 0 Å². The summed E-state index contributed by atoms with van der Waals surface area (Å²) in [5, 5.41) is 62.2. The number of amides is 3. The van der Waals surface area contributed by atoms with E-state index in [1.807, 2.05) is 91.9 Å². The molecule has 0 atom stereocenters. The number of likely N-dealkylation sites (N-methyl/N-ethyl adjacent to an activating group) is 1. The maximum atomic E-state index is 12.8. The molecular weight excluding hydrogens is 1710 g/mol. The molecule has 616 valence electrons. The number of hydrogen-bond donors (Lipinski definition) is 6. The van der Waals surface area contributed by atoms with Gasteiger partial charge in [0, 0.05) is 143 Å². The summed E-state index contributed by atoms with van der Waals surface area (Å²) in [7, 11) is 3.82. The number of Topliss-reactive ketones (excluding diaryl/α,β-unsaturated/α-hetero) is 1. The van der Waals surface area contributed by atoms with E-state index in [-0.39, 0.29) is 56.5 Å². The first-order valence-corrected chi connectivity index (χ1v) is 43.5. The van der Waals surface area contributed by atoms with Crippen molar-refractivity contribution >= 4 is 163 Å². The molecule has 2 saturated heterocycles. The van der Waals surface area contributed by atoms with E-state index in [2.05, 4.69) is 43.8 Å². The van der Waals surface area contributed by atoms with Crippen LogP contribution in [0.3, 0.4) is 0 Å². The smallest absolute Gasteiger partial charge is 0.265 e. The molecule has 0 bridgehead atoms. The van der Waals surface area contributed by atoms with E-state index in [9.17, 15) is 49.8 Å². The number of halogens is 5. The Balaban J connectivity index is 0.000000128. The topological polar surface area (TPSA) is 298 Å². The second kappa shape index (κ2) is 38.7. The van der Waals surface area contributed by atoms with Crippen LogP contribution >= 0.6 is 115 Å².